The Hall–Kier alpha value is -0.480. The molecule has 0 bridgehead atoms. The van der Waals surface area contributed by atoms with Crippen LogP contribution in [0, 0.1) is 0 Å². The van der Waals surface area contributed by atoms with Crippen molar-refractivity contribution in [3.05, 3.63) is 16.8 Å². The highest BCUT2D eigenvalue weighted by atomic mass is 32.2. The third-order valence-corrected chi connectivity index (χ3v) is 3.33. The lowest BCUT2D eigenvalue weighted by Gasteiger charge is -2.08. The molecule has 1 aromatic rings. The minimum absolute atomic E-state index is 0.116. The van der Waals surface area contributed by atoms with Crippen molar-refractivity contribution in [3.63, 3.8) is 0 Å². The van der Waals surface area contributed by atoms with E-state index >= 15 is 0 Å². The summed E-state index contributed by atoms with van der Waals surface area (Å²) in [6.45, 7) is 4.13. The normalized spacial score (nSPS) is 12.5. The molecule has 4 heteroatoms. The van der Waals surface area contributed by atoms with Crippen molar-refractivity contribution in [1.29, 1.82) is 0 Å². The Balaban J connectivity index is 2.41. The maximum atomic E-state index is 11.2. The summed E-state index contributed by atoms with van der Waals surface area (Å²) in [6, 6.07) is 2.01. The van der Waals surface area contributed by atoms with Crippen LogP contribution in [0.25, 0.3) is 0 Å². The van der Waals surface area contributed by atoms with Crippen LogP contribution in [-0.2, 0) is 9.53 Å². The Morgan fingerprint density at radius 3 is 3.08 bits per heavy atom. The highest BCUT2D eigenvalue weighted by Gasteiger charge is 2.14. The van der Waals surface area contributed by atoms with Crippen LogP contribution in [0.1, 0.15) is 13.8 Å². The second-order valence-electron chi connectivity index (χ2n) is 2.47. The molecule has 1 atom stereocenters. The molecule has 1 aromatic heterocycles. The Morgan fingerprint density at radius 1 is 1.77 bits per heavy atom. The van der Waals surface area contributed by atoms with Gasteiger partial charge in [0, 0.05) is 10.3 Å². The average Bonchev–Trinajstić information content (AvgIpc) is 2.57. The molecule has 0 aliphatic heterocycles. The standard InChI is InChI=1S/C9H12O2S2/c1-3-11-9(10)7(2)13-8-4-5-12-6-8/h4-7H,3H2,1-2H3. The molecule has 72 valence electrons. The first-order valence-corrected chi connectivity index (χ1v) is 5.91. The first-order chi connectivity index (χ1) is 6.24. The number of rotatable bonds is 4. The Bertz CT molecular complexity index is 257. The Morgan fingerprint density at radius 2 is 2.54 bits per heavy atom. The van der Waals surface area contributed by atoms with Gasteiger partial charge in [0.15, 0.2) is 0 Å². The van der Waals surface area contributed by atoms with Gasteiger partial charge in [-0.25, -0.2) is 0 Å². The van der Waals surface area contributed by atoms with E-state index in [0.717, 1.165) is 4.90 Å². The van der Waals surface area contributed by atoms with Crippen molar-refractivity contribution >= 4 is 29.1 Å². The van der Waals surface area contributed by atoms with Gasteiger partial charge in [0.25, 0.3) is 0 Å². The van der Waals surface area contributed by atoms with Crippen LogP contribution in [0.4, 0.5) is 0 Å². The van der Waals surface area contributed by atoms with Gasteiger partial charge in [0.05, 0.1) is 6.61 Å². The second kappa shape index (κ2) is 5.29. The number of carbonyl (C=O) groups is 1. The van der Waals surface area contributed by atoms with E-state index in [0.29, 0.717) is 6.61 Å². The molecule has 0 amide bonds. The van der Waals surface area contributed by atoms with Gasteiger partial charge in [0.1, 0.15) is 5.25 Å². The predicted octanol–water partition coefficient (Wildman–Crippen LogP) is 2.79. The number of thioether (sulfide) groups is 1. The van der Waals surface area contributed by atoms with E-state index in [9.17, 15) is 4.79 Å². The average molecular weight is 216 g/mol. The molecule has 0 saturated carbocycles. The molecule has 0 aliphatic carbocycles. The van der Waals surface area contributed by atoms with Crippen molar-refractivity contribution in [2.75, 3.05) is 6.61 Å². The van der Waals surface area contributed by atoms with Gasteiger partial charge in [-0.1, -0.05) is 0 Å². The molecule has 2 nitrogen and oxygen atoms in total. The number of hydrogen-bond donors (Lipinski definition) is 0. The number of hydrogen-bond acceptors (Lipinski definition) is 4. The van der Waals surface area contributed by atoms with Crippen LogP contribution < -0.4 is 0 Å². The molecule has 0 radical (unpaired) electrons. The zero-order valence-electron chi connectivity index (χ0n) is 7.65. The summed E-state index contributed by atoms with van der Waals surface area (Å²) in [5.41, 5.74) is 0. The van der Waals surface area contributed by atoms with Crippen LogP contribution >= 0.6 is 23.1 Å². The smallest absolute Gasteiger partial charge is 0.319 e. The monoisotopic (exact) mass is 216 g/mol. The van der Waals surface area contributed by atoms with Gasteiger partial charge in [-0.15, -0.1) is 11.8 Å². The quantitative estimate of drug-likeness (QED) is 0.572. The van der Waals surface area contributed by atoms with Gasteiger partial charge in [-0.2, -0.15) is 11.3 Å². The number of carbonyl (C=O) groups excluding carboxylic acids is 1. The van der Waals surface area contributed by atoms with E-state index in [2.05, 4.69) is 0 Å². The molecular weight excluding hydrogens is 204 g/mol. The van der Waals surface area contributed by atoms with Crippen LogP contribution in [0.3, 0.4) is 0 Å². The minimum atomic E-state index is -0.140. The summed E-state index contributed by atoms with van der Waals surface area (Å²) < 4.78 is 4.90. The summed E-state index contributed by atoms with van der Waals surface area (Å²) in [5.74, 6) is -0.140. The van der Waals surface area contributed by atoms with Crippen molar-refractivity contribution in [2.24, 2.45) is 0 Å². The molecule has 1 rings (SSSR count). The largest absolute Gasteiger partial charge is 0.465 e. The molecular formula is C9H12O2S2. The zero-order valence-corrected chi connectivity index (χ0v) is 9.28. The third-order valence-electron chi connectivity index (χ3n) is 1.43. The van der Waals surface area contributed by atoms with E-state index in [4.69, 9.17) is 4.74 Å². The lowest BCUT2D eigenvalue weighted by molar-refractivity contribution is -0.142. The third kappa shape index (κ3) is 3.40. The van der Waals surface area contributed by atoms with Gasteiger partial charge >= 0.3 is 5.97 Å². The van der Waals surface area contributed by atoms with Crippen LogP contribution in [0.5, 0.6) is 0 Å². The summed E-state index contributed by atoms with van der Waals surface area (Å²) in [6.07, 6.45) is 0. The summed E-state index contributed by atoms with van der Waals surface area (Å²) in [4.78, 5) is 12.4. The SMILES string of the molecule is CCOC(=O)C(C)Sc1ccsc1. The zero-order chi connectivity index (χ0) is 9.68. The molecule has 0 saturated heterocycles. The van der Waals surface area contributed by atoms with Crippen molar-refractivity contribution < 1.29 is 9.53 Å². The van der Waals surface area contributed by atoms with Crippen LogP contribution in [0.2, 0.25) is 0 Å². The minimum Gasteiger partial charge on any atom is -0.465 e. The topological polar surface area (TPSA) is 26.3 Å². The van der Waals surface area contributed by atoms with Crippen LogP contribution in [-0.4, -0.2) is 17.8 Å². The predicted molar refractivity (Wildman–Crippen MR) is 56.3 cm³/mol. The first-order valence-electron chi connectivity index (χ1n) is 4.09. The number of esters is 1. The molecule has 13 heavy (non-hydrogen) atoms. The molecule has 1 unspecified atom stereocenters. The van der Waals surface area contributed by atoms with E-state index in [1.54, 1.807) is 11.3 Å². The van der Waals surface area contributed by atoms with Crippen molar-refractivity contribution in [2.45, 2.75) is 24.0 Å². The lowest BCUT2D eigenvalue weighted by Crippen LogP contribution is -2.16. The van der Waals surface area contributed by atoms with Gasteiger partial charge in [-0.3, -0.25) is 4.79 Å². The molecule has 1 heterocycles. The van der Waals surface area contributed by atoms with Crippen molar-refractivity contribution in [3.8, 4) is 0 Å². The summed E-state index contributed by atoms with van der Waals surface area (Å²) >= 11 is 3.17. The highest BCUT2D eigenvalue weighted by Crippen LogP contribution is 2.25. The van der Waals surface area contributed by atoms with E-state index in [1.165, 1.54) is 11.8 Å². The number of thiophene rings is 1. The van der Waals surface area contributed by atoms with E-state index in [-0.39, 0.29) is 11.2 Å². The first kappa shape index (κ1) is 10.6. The number of ether oxygens (including phenoxy) is 1. The van der Waals surface area contributed by atoms with E-state index < -0.39 is 0 Å². The van der Waals surface area contributed by atoms with Gasteiger partial charge < -0.3 is 4.74 Å². The summed E-state index contributed by atoms with van der Waals surface area (Å²) in [5, 5.41) is 3.91. The second-order valence-corrected chi connectivity index (χ2v) is 4.67. The van der Waals surface area contributed by atoms with Crippen LogP contribution in [0.15, 0.2) is 21.7 Å². The molecule has 0 N–H and O–H groups in total. The molecule has 0 aliphatic rings. The summed E-state index contributed by atoms with van der Waals surface area (Å²) in [7, 11) is 0. The van der Waals surface area contributed by atoms with E-state index in [1.807, 2.05) is 30.7 Å². The molecule has 0 fully saturated rings. The maximum absolute atomic E-state index is 11.2. The molecule has 0 aromatic carbocycles. The highest BCUT2D eigenvalue weighted by molar-refractivity contribution is 8.00. The lowest BCUT2D eigenvalue weighted by atomic mass is 10.5. The maximum Gasteiger partial charge on any atom is 0.319 e. The fourth-order valence-corrected chi connectivity index (χ4v) is 2.54. The van der Waals surface area contributed by atoms with Crippen molar-refractivity contribution in [1.82, 2.24) is 0 Å². The fraction of sp³-hybridized carbons (Fsp3) is 0.444. The fourth-order valence-electron chi connectivity index (χ4n) is 0.831. The Labute approximate surface area is 86.3 Å². The molecule has 0 spiro atoms. The Kier molecular flexibility index (Phi) is 4.32. The van der Waals surface area contributed by atoms with Gasteiger partial charge in [0.2, 0.25) is 0 Å². The van der Waals surface area contributed by atoms with Gasteiger partial charge in [-0.05, 0) is 25.3 Å².